The van der Waals surface area contributed by atoms with Crippen molar-refractivity contribution < 1.29 is 19.4 Å². The SMILES string of the molecule is C[C@@H]1[C@H](CN2CC3(C)CC2CC(C)(C)C3)O[C@H](c2ccc(CNC(=O)c3cccnc3)cc2)O[C@@H]1c1ccc(CO)cc1. The molecule has 1 aromatic heterocycles. The van der Waals surface area contributed by atoms with E-state index in [1.807, 2.05) is 36.4 Å². The van der Waals surface area contributed by atoms with Gasteiger partial charge in [0.05, 0.1) is 24.4 Å². The van der Waals surface area contributed by atoms with Crippen molar-refractivity contribution in [3.63, 3.8) is 0 Å². The van der Waals surface area contributed by atoms with Crippen LogP contribution in [0.4, 0.5) is 0 Å². The number of aliphatic hydroxyl groups excluding tert-OH is 1. The first-order valence-electron chi connectivity index (χ1n) is 15.6. The predicted molar refractivity (Wildman–Crippen MR) is 166 cm³/mol. The van der Waals surface area contributed by atoms with Crippen LogP contribution in [-0.2, 0) is 22.6 Å². The Morgan fingerprint density at radius 3 is 2.42 bits per heavy atom. The van der Waals surface area contributed by atoms with Gasteiger partial charge in [0.1, 0.15) is 0 Å². The number of amides is 1. The van der Waals surface area contributed by atoms with Crippen molar-refractivity contribution in [1.29, 1.82) is 0 Å². The molecule has 7 nitrogen and oxygen atoms in total. The Balaban J connectivity index is 1.19. The average molecular weight is 584 g/mol. The summed E-state index contributed by atoms with van der Waals surface area (Å²) >= 11 is 0. The third kappa shape index (κ3) is 6.70. The van der Waals surface area contributed by atoms with E-state index in [0.29, 0.717) is 29.0 Å². The summed E-state index contributed by atoms with van der Waals surface area (Å²) in [7, 11) is 0. The number of carbonyl (C=O) groups is 1. The number of pyridine rings is 1. The molecule has 2 bridgehead atoms. The minimum atomic E-state index is -0.503. The van der Waals surface area contributed by atoms with Crippen LogP contribution in [0.15, 0.2) is 73.1 Å². The number of ether oxygens (including phenoxy) is 2. The number of hydrogen-bond acceptors (Lipinski definition) is 6. The number of hydrogen-bond donors (Lipinski definition) is 2. The number of fused-ring (bicyclic) bond motifs is 2. The van der Waals surface area contributed by atoms with Gasteiger partial charge in [-0.05, 0) is 58.9 Å². The maximum atomic E-state index is 12.5. The van der Waals surface area contributed by atoms with Crippen molar-refractivity contribution in [2.24, 2.45) is 16.7 Å². The summed E-state index contributed by atoms with van der Waals surface area (Å²) in [4.78, 5) is 19.2. The van der Waals surface area contributed by atoms with Crippen molar-refractivity contribution in [3.8, 4) is 0 Å². The quantitative estimate of drug-likeness (QED) is 0.329. The molecule has 2 aromatic carbocycles. The standard InChI is InChI=1S/C36H45N3O4/c1-24-31(20-39-23-36(4)17-30(39)16-35(2,3)22-36)42-34(43-32(24)27-11-9-26(21-40)10-12-27)28-13-7-25(8-14-28)18-38-33(41)29-6-5-15-37-19-29/h5-15,19,24,30-32,34,40H,16-18,20-23H2,1-4H3,(H,38,41)/t24-,30?,31+,32+,34+,36?/m1/s1. The number of aliphatic hydroxyl groups is 1. The summed E-state index contributed by atoms with van der Waals surface area (Å²) in [5.41, 5.74) is 5.23. The van der Waals surface area contributed by atoms with E-state index >= 15 is 0 Å². The van der Waals surface area contributed by atoms with Crippen LogP contribution < -0.4 is 5.32 Å². The van der Waals surface area contributed by atoms with E-state index in [2.05, 4.69) is 55.0 Å². The second-order valence-electron chi connectivity index (χ2n) is 14.1. The zero-order valence-electron chi connectivity index (χ0n) is 25.8. The molecular weight excluding hydrogens is 538 g/mol. The van der Waals surface area contributed by atoms with E-state index in [1.165, 1.54) is 19.3 Å². The molecular formula is C36H45N3O4. The molecule has 0 radical (unpaired) electrons. The number of aromatic nitrogens is 1. The molecule has 7 heteroatoms. The summed E-state index contributed by atoms with van der Waals surface area (Å²) in [6.07, 6.45) is 6.36. The van der Waals surface area contributed by atoms with Crippen LogP contribution in [0.2, 0.25) is 0 Å². The molecule has 2 saturated heterocycles. The van der Waals surface area contributed by atoms with E-state index in [-0.39, 0.29) is 30.6 Å². The number of benzene rings is 2. The lowest BCUT2D eigenvalue weighted by molar-refractivity contribution is -0.276. The second kappa shape index (κ2) is 12.1. The normalized spacial score (nSPS) is 30.2. The highest BCUT2D eigenvalue weighted by atomic mass is 16.7. The average Bonchev–Trinajstić information content (AvgIpc) is 3.24. The van der Waals surface area contributed by atoms with Crippen molar-refractivity contribution in [2.75, 3.05) is 13.1 Å². The van der Waals surface area contributed by atoms with Gasteiger partial charge in [-0.15, -0.1) is 0 Å². The van der Waals surface area contributed by atoms with Gasteiger partial charge in [0.25, 0.3) is 5.91 Å². The van der Waals surface area contributed by atoms with Gasteiger partial charge < -0.3 is 19.9 Å². The van der Waals surface area contributed by atoms with Crippen molar-refractivity contribution in [3.05, 3.63) is 101 Å². The van der Waals surface area contributed by atoms with Gasteiger partial charge in [0.15, 0.2) is 6.29 Å². The van der Waals surface area contributed by atoms with Gasteiger partial charge in [-0.3, -0.25) is 14.7 Å². The van der Waals surface area contributed by atoms with Gasteiger partial charge in [-0.1, -0.05) is 76.2 Å². The molecule has 1 amide bonds. The third-order valence-corrected chi connectivity index (χ3v) is 9.69. The Morgan fingerprint density at radius 2 is 1.72 bits per heavy atom. The monoisotopic (exact) mass is 583 g/mol. The van der Waals surface area contributed by atoms with E-state index in [4.69, 9.17) is 9.47 Å². The fourth-order valence-electron chi connectivity index (χ4n) is 7.92. The van der Waals surface area contributed by atoms with Crippen molar-refractivity contribution in [1.82, 2.24) is 15.2 Å². The molecule has 2 N–H and O–H groups in total. The minimum Gasteiger partial charge on any atom is -0.392 e. The summed E-state index contributed by atoms with van der Waals surface area (Å²) < 4.78 is 13.5. The molecule has 1 saturated carbocycles. The fourth-order valence-corrected chi connectivity index (χ4v) is 7.92. The van der Waals surface area contributed by atoms with E-state index in [9.17, 15) is 9.90 Å². The Bertz CT molecular complexity index is 1390. The van der Waals surface area contributed by atoms with Crippen LogP contribution in [0.3, 0.4) is 0 Å². The lowest BCUT2D eigenvalue weighted by atomic mass is 9.65. The summed E-state index contributed by atoms with van der Waals surface area (Å²) in [5, 5.41) is 12.5. The third-order valence-electron chi connectivity index (χ3n) is 9.69. The largest absolute Gasteiger partial charge is 0.392 e. The molecule has 3 aromatic rings. The predicted octanol–water partition coefficient (Wildman–Crippen LogP) is 6.20. The molecule has 0 spiro atoms. The van der Waals surface area contributed by atoms with Gasteiger partial charge >= 0.3 is 0 Å². The maximum absolute atomic E-state index is 12.5. The van der Waals surface area contributed by atoms with E-state index < -0.39 is 6.29 Å². The summed E-state index contributed by atoms with van der Waals surface area (Å²) in [5.74, 6) is 0.00568. The number of rotatable bonds is 8. The second-order valence-corrected chi connectivity index (χ2v) is 14.1. The fraction of sp³-hybridized carbons (Fsp3) is 0.500. The lowest BCUT2D eigenvalue weighted by Gasteiger charge is -2.43. The highest BCUT2D eigenvalue weighted by Crippen LogP contribution is 2.53. The zero-order valence-corrected chi connectivity index (χ0v) is 25.8. The zero-order chi connectivity index (χ0) is 30.2. The highest BCUT2D eigenvalue weighted by molar-refractivity contribution is 5.93. The van der Waals surface area contributed by atoms with Crippen LogP contribution in [0.25, 0.3) is 0 Å². The minimum absolute atomic E-state index is 0.00535. The van der Waals surface area contributed by atoms with Gasteiger partial charge in [-0.25, -0.2) is 0 Å². The number of nitrogens with zero attached hydrogens (tertiary/aromatic N) is 2. The van der Waals surface area contributed by atoms with Gasteiger partial charge in [0, 0.05) is 49.6 Å². The molecule has 6 atom stereocenters. The number of nitrogens with one attached hydrogen (secondary N) is 1. The molecule has 2 unspecified atom stereocenters. The first kappa shape index (κ1) is 29.9. The van der Waals surface area contributed by atoms with Crippen LogP contribution >= 0.6 is 0 Å². The summed E-state index contributed by atoms with van der Waals surface area (Å²) in [6, 6.07) is 20.3. The van der Waals surface area contributed by atoms with Gasteiger partial charge in [-0.2, -0.15) is 0 Å². The highest BCUT2D eigenvalue weighted by Gasteiger charge is 2.51. The Kier molecular flexibility index (Phi) is 8.44. The molecule has 3 fully saturated rings. The van der Waals surface area contributed by atoms with Crippen LogP contribution in [0, 0.1) is 16.7 Å². The molecule has 1 aliphatic carbocycles. The van der Waals surface area contributed by atoms with Gasteiger partial charge in [0.2, 0.25) is 0 Å². The van der Waals surface area contributed by atoms with Crippen molar-refractivity contribution >= 4 is 5.91 Å². The Hall–Kier alpha value is -3.10. The van der Waals surface area contributed by atoms with Crippen molar-refractivity contribution in [2.45, 2.75) is 84.6 Å². The number of carbonyl (C=O) groups excluding carboxylic acids is 1. The topological polar surface area (TPSA) is 83.9 Å². The van der Waals surface area contributed by atoms with Crippen LogP contribution in [-0.4, -0.2) is 46.1 Å². The van der Waals surface area contributed by atoms with E-state index in [1.54, 1.807) is 24.5 Å². The summed E-state index contributed by atoms with van der Waals surface area (Å²) in [6.45, 7) is 12.0. The maximum Gasteiger partial charge on any atom is 0.253 e. The molecule has 6 rings (SSSR count). The van der Waals surface area contributed by atoms with Crippen LogP contribution in [0.5, 0.6) is 0 Å². The smallest absolute Gasteiger partial charge is 0.253 e. The first-order chi connectivity index (χ1) is 20.6. The molecule has 3 heterocycles. The molecule has 2 aliphatic heterocycles. The number of likely N-dealkylation sites (tertiary alicyclic amines) is 1. The Morgan fingerprint density at radius 1 is 1.00 bits per heavy atom. The molecule has 43 heavy (non-hydrogen) atoms. The molecule has 3 aliphatic rings. The van der Waals surface area contributed by atoms with Crippen LogP contribution in [0.1, 0.15) is 92.0 Å². The molecule has 228 valence electrons. The first-order valence-corrected chi connectivity index (χ1v) is 15.6. The lowest BCUT2D eigenvalue weighted by Crippen LogP contribution is -2.46. The van der Waals surface area contributed by atoms with E-state index in [0.717, 1.165) is 35.3 Å². The Labute approximate surface area is 255 Å².